The Morgan fingerprint density at radius 1 is 0.230 bits per heavy atom. The van der Waals surface area contributed by atoms with E-state index in [2.05, 4.69) is 254 Å². The van der Waals surface area contributed by atoms with E-state index in [1.54, 1.807) is 0 Å². The first-order valence-corrected chi connectivity index (χ1v) is 21.0. The van der Waals surface area contributed by atoms with Gasteiger partial charge in [-0.3, -0.25) is 0 Å². The standard InChI is InChI=1S/C60H41N/c1-3-15-42(16-4-1)44-29-31-48(32-30-44)55-27-14-28-59(60(55)58-41-49-20-8-10-23-54(49)56-24-11-12-25-57(56)58)61(50-37-33-45(34-38-50)43-17-5-2-6-18-43)51-39-35-47(36-40-51)53-26-13-21-46-19-7-9-22-52(46)53/h1-41H. The van der Waals surface area contributed by atoms with Crippen LogP contribution in [0.1, 0.15) is 0 Å². The summed E-state index contributed by atoms with van der Waals surface area (Å²) >= 11 is 0. The van der Waals surface area contributed by atoms with E-state index in [0.717, 1.165) is 17.1 Å². The predicted molar refractivity (Wildman–Crippen MR) is 261 cm³/mol. The predicted octanol–water partition coefficient (Wildman–Crippen LogP) is 17.0. The molecule has 0 N–H and O–H groups in total. The molecule has 0 aliphatic carbocycles. The highest BCUT2D eigenvalue weighted by Crippen LogP contribution is 2.49. The summed E-state index contributed by atoms with van der Waals surface area (Å²) in [7, 11) is 0. The molecule has 0 aliphatic heterocycles. The van der Waals surface area contributed by atoms with Crippen LogP contribution in [0.4, 0.5) is 17.1 Å². The summed E-state index contributed by atoms with van der Waals surface area (Å²) in [5, 5.41) is 7.43. The fourth-order valence-electron chi connectivity index (χ4n) is 9.11. The number of rotatable bonds is 8. The zero-order valence-corrected chi connectivity index (χ0v) is 33.6. The Morgan fingerprint density at radius 3 is 1.31 bits per heavy atom. The van der Waals surface area contributed by atoms with Crippen molar-refractivity contribution in [2.75, 3.05) is 4.90 Å². The molecule has 61 heavy (non-hydrogen) atoms. The third kappa shape index (κ3) is 6.73. The van der Waals surface area contributed by atoms with Crippen LogP contribution in [0.2, 0.25) is 0 Å². The summed E-state index contributed by atoms with van der Waals surface area (Å²) in [6.07, 6.45) is 0. The van der Waals surface area contributed by atoms with E-state index in [0.29, 0.717) is 0 Å². The van der Waals surface area contributed by atoms with Gasteiger partial charge in [-0.2, -0.15) is 0 Å². The molecule has 286 valence electrons. The average molecular weight is 776 g/mol. The summed E-state index contributed by atoms with van der Waals surface area (Å²) in [6, 6.07) is 90.6. The second-order valence-corrected chi connectivity index (χ2v) is 15.7. The van der Waals surface area contributed by atoms with Gasteiger partial charge in [0.2, 0.25) is 0 Å². The molecule has 1 heteroatoms. The molecule has 0 spiro atoms. The minimum Gasteiger partial charge on any atom is -0.310 e. The zero-order valence-electron chi connectivity index (χ0n) is 33.6. The van der Waals surface area contributed by atoms with E-state index < -0.39 is 0 Å². The van der Waals surface area contributed by atoms with Gasteiger partial charge in [-0.15, -0.1) is 0 Å². The third-order valence-corrected chi connectivity index (χ3v) is 12.1. The van der Waals surface area contributed by atoms with Crippen LogP contribution < -0.4 is 4.90 Å². The van der Waals surface area contributed by atoms with E-state index >= 15 is 0 Å². The van der Waals surface area contributed by atoms with Gasteiger partial charge in [0.15, 0.2) is 0 Å². The van der Waals surface area contributed by atoms with Crippen LogP contribution in [-0.2, 0) is 0 Å². The summed E-state index contributed by atoms with van der Waals surface area (Å²) in [5.41, 5.74) is 15.2. The molecule has 0 fully saturated rings. The Morgan fingerprint density at radius 2 is 0.656 bits per heavy atom. The fourth-order valence-corrected chi connectivity index (χ4v) is 9.11. The lowest BCUT2D eigenvalue weighted by Crippen LogP contribution is -2.12. The van der Waals surface area contributed by atoms with Gasteiger partial charge in [0.25, 0.3) is 0 Å². The molecule has 11 aromatic carbocycles. The second-order valence-electron chi connectivity index (χ2n) is 15.7. The van der Waals surface area contributed by atoms with Crippen molar-refractivity contribution in [3.63, 3.8) is 0 Å². The SMILES string of the molecule is c1ccc(-c2ccc(-c3cccc(N(c4ccc(-c5ccccc5)cc4)c4ccc(-c5cccc6ccccc56)cc4)c3-c3cc4ccccc4c4ccccc34)cc2)cc1. The fraction of sp³-hybridized carbons (Fsp3) is 0. The van der Waals surface area contributed by atoms with Crippen molar-refractivity contribution in [2.24, 2.45) is 0 Å². The Hall–Kier alpha value is -8.00. The minimum absolute atomic E-state index is 1.08. The highest BCUT2D eigenvalue weighted by atomic mass is 15.1. The van der Waals surface area contributed by atoms with Gasteiger partial charge in [-0.25, -0.2) is 0 Å². The molecule has 11 rings (SSSR count). The molecule has 11 aromatic rings. The summed E-state index contributed by atoms with van der Waals surface area (Å²) < 4.78 is 0. The molecule has 0 aliphatic rings. The van der Waals surface area contributed by atoms with Crippen molar-refractivity contribution in [2.45, 2.75) is 0 Å². The van der Waals surface area contributed by atoms with Crippen molar-refractivity contribution >= 4 is 49.4 Å². The Labute approximate surface area is 357 Å². The molecule has 0 bridgehead atoms. The van der Waals surface area contributed by atoms with Crippen LogP contribution in [0, 0.1) is 0 Å². The van der Waals surface area contributed by atoms with E-state index in [9.17, 15) is 0 Å². The molecule has 0 unspecified atom stereocenters. The number of fused-ring (bicyclic) bond motifs is 4. The number of benzene rings is 11. The molecule has 1 nitrogen and oxygen atoms in total. The second kappa shape index (κ2) is 15.6. The monoisotopic (exact) mass is 775 g/mol. The first-order valence-electron chi connectivity index (χ1n) is 21.0. The van der Waals surface area contributed by atoms with Crippen molar-refractivity contribution in [1.82, 2.24) is 0 Å². The molecule has 0 radical (unpaired) electrons. The van der Waals surface area contributed by atoms with Gasteiger partial charge < -0.3 is 4.90 Å². The molecule has 0 atom stereocenters. The lowest BCUT2D eigenvalue weighted by atomic mass is 9.87. The zero-order chi connectivity index (χ0) is 40.5. The number of hydrogen-bond donors (Lipinski definition) is 0. The molecule has 0 saturated heterocycles. The Kier molecular flexibility index (Phi) is 9.26. The van der Waals surface area contributed by atoms with Crippen molar-refractivity contribution in [1.29, 1.82) is 0 Å². The Bertz CT molecular complexity index is 3310. The molecule has 0 saturated carbocycles. The summed E-state index contributed by atoms with van der Waals surface area (Å²) in [4.78, 5) is 2.45. The van der Waals surface area contributed by atoms with E-state index in [4.69, 9.17) is 0 Å². The number of anilines is 3. The maximum atomic E-state index is 2.45. The number of nitrogens with zero attached hydrogens (tertiary/aromatic N) is 1. The first kappa shape index (κ1) is 36.1. The first-order chi connectivity index (χ1) is 30.3. The topological polar surface area (TPSA) is 3.24 Å². The average Bonchev–Trinajstić information content (AvgIpc) is 3.35. The van der Waals surface area contributed by atoms with Crippen LogP contribution in [0.25, 0.3) is 88.0 Å². The van der Waals surface area contributed by atoms with E-state index in [1.807, 2.05) is 0 Å². The van der Waals surface area contributed by atoms with Gasteiger partial charge in [0, 0.05) is 16.9 Å². The van der Waals surface area contributed by atoms with Gasteiger partial charge in [0.05, 0.1) is 5.69 Å². The smallest absolute Gasteiger partial charge is 0.0546 e. The molecular formula is C60H41N. The van der Waals surface area contributed by atoms with Crippen LogP contribution in [0.3, 0.4) is 0 Å². The highest BCUT2D eigenvalue weighted by Gasteiger charge is 2.23. The van der Waals surface area contributed by atoms with Gasteiger partial charge in [0.1, 0.15) is 0 Å². The van der Waals surface area contributed by atoms with Gasteiger partial charge >= 0.3 is 0 Å². The summed E-state index contributed by atoms with van der Waals surface area (Å²) in [6.45, 7) is 0. The quantitative estimate of drug-likeness (QED) is 0.139. The van der Waals surface area contributed by atoms with Crippen LogP contribution in [0.15, 0.2) is 249 Å². The van der Waals surface area contributed by atoms with Crippen molar-refractivity contribution in [3.8, 4) is 55.6 Å². The molecule has 0 aromatic heterocycles. The lowest BCUT2D eigenvalue weighted by molar-refractivity contribution is 1.28. The number of hydrogen-bond acceptors (Lipinski definition) is 1. The van der Waals surface area contributed by atoms with Gasteiger partial charge in [-0.05, 0) is 119 Å². The molecule has 0 heterocycles. The molecule has 0 amide bonds. The van der Waals surface area contributed by atoms with E-state index in [-0.39, 0.29) is 0 Å². The summed E-state index contributed by atoms with van der Waals surface area (Å²) in [5.74, 6) is 0. The maximum Gasteiger partial charge on any atom is 0.0546 e. The highest BCUT2D eigenvalue weighted by molar-refractivity contribution is 6.16. The van der Waals surface area contributed by atoms with Crippen LogP contribution in [-0.4, -0.2) is 0 Å². The maximum absolute atomic E-state index is 2.45. The minimum atomic E-state index is 1.08. The lowest BCUT2D eigenvalue weighted by Gasteiger charge is -2.30. The Balaban J connectivity index is 1.16. The third-order valence-electron chi connectivity index (χ3n) is 12.1. The molecular weight excluding hydrogens is 735 g/mol. The van der Waals surface area contributed by atoms with Crippen LogP contribution >= 0.6 is 0 Å². The largest absolute Gasteiger partial charge is 0.310 e. The van der Waals surface area contributed by atoms with Gasteiger partial charge in [-0.1, -0.05) is 212 Å². The van der Waals surface area contributed by atoms with Crippen LogP contribution in [0.5, 0.6) is 0 Å². The van der Waals surface area contributed by atoms with Crippen molar-refractivity contribution in [3.05, 3.63) is 249 Å². The normalized spacial score (nSPS) is 11.3. The van der Waals surface area contributed by atoms with E-state index in [1.165, 1.54) is 88.0 Å². The van der Waals surface area contributed by atoms with Crippen molar-refractivity contribution < 1.29 is 0 Å².